The molecule has 2 N–H and O–H groups in total. The highest BCUT2D eigenvalue weighted by molar-refractivity contribution is 6.53. The van der Waals surface area contributed by atoms with Crippen LogP contribution in [0.1, 0.15) is 11.7 Å². The summed E-state index contributed by atoms with van der Waals surface area (Å²) in [5.41, 5.74) is -0.519. The summed E-state index contributed by atoms with van der Waals surface area (Å²) in [7, 11) is 0. The summed E-state index contributed by atoms with van der Waals surface area (Å²) in [6, 6.07) is 2.38. The standard InChI is InChI=1S/C13H11Cl2F3N2O6/c14-10(15)11(22)19-8(5-21)9(26-12(23)13(16,17)18)6-1-3-7(4-2-6)20(24)25/h1-4,8-10,21H,5H2,(H,19,22)/t8-,9-/m1/s1. The van der Waals surface area contributed by atoms with Gasteiger partial charge < -0.3 is 15.2 Å². The topological polar surface area (TPSA) is 119 Å². The van der Waals surface area contributed by atoms with Gasteiger partial charge in [-0.25, -0.2) is 4.79 Å². The van der Waals surface area contributed by atoms with Crippen molar-refractivity contribution in [1.82, 2.24) is 5.32 Å². The zero-order valence-corrected chi connectivity index (χ0v) is 14.1. The molecule has 0 aliphatic carbocycles. The Morgan fingerprint density at radius 3 is 2.19 bits per heavy atom. The molecule has 0 aliphatic heterocycles. The second kappa shape index (κ2) is 9.01. The van der Waals surface area contributed by atoms with E-state index in [4.69, 9.17) is 23.2 Å². The molecular formula is C13H11Cl2F3N2O6. The van der Waals surface area contributed by atoms with Crippen LogP contribution in [0.5, 0.6) is 0 Å². The number of nitrogens with one attached hydrogen (secondary N) is 1. The third-order valence-corrected chi connectivity index (χ3v) is 3.38. The van der Waals surface area contributed by atoms with E-state index >= 15 is 0 Å². The number of hydrogen-bond acceptors (Lipinski definition) is 6. The third kappa shape index (κ3) is 6.00. The molecule has 0 aromatic heterocycles. The number of hydrogen-bond donors (Lipinski definition) is 2. The van der Waals surface area contributed by atoms with Gasteiger partial charge in [0.15, 0.2) is 4.84 Å². The number of ether oxygens (including phenoxy) is 1. The van der Waals surface area contributed by atoms with E-state index in [2.05, 4.69) is 4.74 Å². The smallest absolute Gasteiger partial charge is 0.449 e. The number of halogens is 5. The van der Waals surface area contributed by atoms with Crippen molar-refractivity contribution in [1.29, 1.82) is 0 Å². The number of aliphatic hydroxyl groups is 1. The molecule has 1 amide bonds. The first kappa shape index (κ1) is 21.9. The van der Waals surface area contributed by atoms with E-state index in [0.29, 0.717) is 0 Å². The normalized spacial score (nSPS) is 13.8. The Bertz CT molecular complexity index is 669. The number of carbonyl (C=O) groups is 2. The quantitative estimate of drug-likeness (QED) is 0.302. The van der Waals surface area contributed by atoms with E-state index in [1.54, 1.807) is 0 Å². The molecule has 13 heteroatoms. The molecule has 0 saturated carbocycles. The number of rotatable bonds is 7. The minimum atomic E-state index is -5.34. The fourth-order valence-corrected chi connectivity index (χ4v) is 1.94. The van der Waals surface area contributed by atoms with Crippen molar-refractivity contribution in [2.75, 3.05) is 6.61 Å². The minimum Gasteiger partial charge on any atom is -0.449 e. The highest BCUT2D eigenvalue weighted by Gasteiger charge is 2.44. The van der Waals surface area contributed by atoms with Gasteiger partial charge in [-0.3, -0.25) is 14.9 Å². The van der Waals surface area contributed by atoms with Crippen molar-refractivity contribution in [3.05, 3.63) is 39.9 Å². The number of alkyl halides is 5. The highest BCUT2D eigenvalue weighted by Crippen LogP contribution is 2.28. The lowest BCUT2D eigenvalue weighted by atomic mass is 10.0. The maximum Gasteiger partial charge on any atom is 0.490 e. The summed E-state index contributed by atoms with van der Waals surface area (Å²) in [6.45, 7) is -0.945. The number of esters is 1. The second-order valence-corrected chi connectivity index (χ2v) is 5.87. The van der Waals surface area contributed by atoms with E-state index in [-0.39, 0.29) is 11.3 Å². The van der Waals surface area contributed by atoms with Crippen LogP contribution >= 0.6 is 23.2 Å². The van der Waals surface area contributed by atoms with E-state index in [9.17, 15) is 38.0 Å². The molecule has 0 heterocycles. The van der Waals surface area contributed by atoms with Crippen LogP contribution in [0.25, 0.3) is 0 Å². The van der Waals surface area contributed by atoms with Gasteiger partial charge in [0.2, 0.25) is 0 Å². The summed E-state index contributed by atoms with van der Waals surface area (Å²) in [5.74, 6) is -3.63. The van der Waals surface area contributed by atoms with E-state index in [1.807, 2.05) is 5.32 Å². The summed E-state index contributed by atoms with van der Waals surface area (Å²) in [5, 5.41) is 22.0. The van der Waals surface area contributed by atoms with Crippen LogP contribution in [-0.4, -0.2) is 45.6 Å². The van der Waals surface area contributed by atoms with Crippen LogP contribution in [0, 0.1) is 10.1 Å². The molecule has 1 rings (SSSR count). The van der Waals surface area contributed by atoms with Crippen LogP contribution in [-0.2, 0) is 14.3 Å². The Kier molecular flexibility index (Phi) is 7.60. The Balaban J connectivity index is 3.20. The van der Waals surface area contributed by atoms with Gasteiger partial charge in [-0.2, -0.15) is 13.2 Å². The molecule has 0 fully saturated rings. The number of non-ortho nitro benzene ring substituents is 1. The number of nitro benzene ring substituents is 1. The van der Waals surface area contributed by atoms with Crippen molar-refractivity contribution < 1.29 is 37.5 Å². The molecule has 2 atom stereocenters. The lowest BCUT2D eigenvalue weighted by Gasteiger charge is -2.27. The van der Waals surface area contributed by atoms with Crippen LogP contribution < -0.4 is 5.32 Å². The molecule has 0 radical (unpaired) electrons. The summed E-state index contributed by atoms with van der Waals surface area (Å²) < 4.78 is 41.8. The molecule has 1 aromatic carbocycles. The molecule has 0 saturated heterocycles. The first-order valence-electron chi connectivity index (χ1n) is 6.69. The largest absolute Gasteiger partial charge is 0.490 e. The fraction of sp³-hybridized carbons (Fsp3) is 0.385. The van der Waals surface area contributed by atoms with Crippen molar-refractivity contribution in [3.8, 4) is 0 Å². The first-order chi connectivity index (χ1) is 12.0. The van der Waals surface area contributed by atoms with Gasteiger partial charge in [0.25, 0.3) is 11.6 Å². The van der Waals surface area contributed by atoms with Crippen molar-refractivity contribution in [2.45, 2.75) is 23.2 Å². The molecule has 8 nitrogen and oxygen atoms in total. The van der Waals surface area contributed by atoms with Crippen molar-refractivity contribution in [2.24, 2.45) is 0 Å². The average molecular weight is 419 g/mol. The molecule has 0 spiro atoms. The van der Waals surface area contributed by atoms with E-state index < -0.39 is 46.6 Å². The summed E-state index contributed by atoms with van der Waals surface area (Å²) >= 11 is 10.6. The van der Waals surface area contributed by atoms with Crippen LogP contribution in [0.15, 0.2) is 24.3 Å². The lowest BCUT2D eigenvalue weighted by Crippen LogP contribution is -2.46. The van der Waals surface area contributed by atoms with Gasteiger partial charge >= 0.3 is 12.1 Å². The van der Waals surface area contributed by atoms with Crippen LogP contribution in [0.3, 0.4) is 0 Å². The number of carbonyl (C=O) groups excluding carboxylic acids is 2. The number of aliphatic hydroxyl groups excluding tert-OH is 1. The molecule has 0 unspecified atom stereocenters. The highest BCUT2D eigenvalue weighted by atomic mass is 35.5. The number of nitrogens with zero attached hydrogens (tertiary/aromatic N) is 1. The molecule has 0 aliphatic rings. The van der Waals surface area contributed by atoms with Gasteiger partial charge in [-0.15, -0.1) is 0 Å². The number of nitro groups is 1. The van der Waals surface area contributed by atoms with Gasteiger partial charge in [-0.1, -0.05) is 23.2 Å². The Morgan fingerprint density at radius 2 is 1.81 bits per heavy atom. The second-order valence-electron chi connectivity index (χ2n) is 4.77. The minimum absolute atomic E-state index is 0.145. The predicted octanol–water partition coefficient (Wildman–Crippen LogP) is 2.02. The number of amides is 1. The molecule has 0 bridgehead atoms. The van der Waals surface area contributed by atoms with Gasteiger partial charge in [0.05, 0.1) is 17.6 Å². The average Bonchev–Trinajstić information content (AvgIpc) is 2.56. The first-order valence-corrected chi connectivity index (χ1v) is 7.56. The monoisotopic (exact) mass is 418 g/mol. The third-order valence-electron chi connectivity index (χ3n) is 2.99. The van der Waals surface area contributed by atoms with Gasteiger partial charge in [0.1, 0.15) is 6.10 Å². The zero-order valence-electron chi connectivity index (χ0n) is 12.6. The summed E-state index contributed by atoms with van der Waals surface area (Å²) in [4.78, 5) is 31.0. The SMILES string of the molecule is O=C(N[C@H](CO)[C@H](OC(=O)C(F)(F)F)c1ccc([N+](=O)[O-])cc1)C(Cl)Cl. The molecule has 26 heavy (non-hydrogen) atoms. The maximum absolute atomic E-state index is 12.5. The van der Waals surface area contributed by atoms with Gasteiger partial charge in [0, 0.05) is 12.1 Å². The maximum atomic E-state index is 12.5. The van der Waals surface area contributed by atoms with Crippen molar-refractivity contribution >= 4 is 40.8 Å². The molecular weight excluding hydrogens is 408 g/mol. The van der Waals surface area contributed by atoms with Crippen molar-refractivity contribution in [3.63, 3.8) is 0 Å². The fourth-order valence-electron chi connectivity index (χ4n) is 1.81. The van der Waals surface area contributed by atoms with Crippen LogP contribution in [0.4, 0.5) is 18.9 Å². The van der Waals surface area contributed by atoms with E-state index in [0.717, 1.165) is 24.3 Å². The Morgan fingerprint density at radius 1 is 1.27 bits per heavy atom. The van der Waals surface area contributed by atoms with Gasteiger partial charge in [-0.05, 0) is 17.7 Å². The molecule has 144 valence electrons. The Labute approximate surface area is 154 Å². The predicted molar refractivity (Wildman–Crippen MR) is 82.5 cm³/mol. The van der Waals surface area contributed by atoms with Crippen LogP contribution in [0.2, 0.25) is 0 Å². The zero-order chi connectivity index (χ0) is 20.1. The van der Waals surface area contributed by atoms with E-state index in [1.165, 1.54) is 0 Å². The molecule has 1 aromatic rings. The number of benzene rings is 1. The lowest BCUT2D eigenvalue weighted by molar-refractivity contribution is -0.384. The summed E-state index contributed by atoms with van der Waals surface area (Å²) in [6.07, 6.45) is -7.16. The Hall–Kier alpha value is -2.11.